The van der Waals surface area contributed by atoms with E-state index in [4.69, 9.17) is 9.84 Å². The van der Waals surface area contributed by atoms with Crippen molar-refractivity contribution in [3.8, 4) is 5.75 Å². The number of nitrogens with one attached hydrogen (secondary N) is 1. The van der Waals surface area contributed by atoms with Gasteiger partial charge in [0.1, 0.15) is 11.8 Å². The van der Waals surface area contributed by atoms with E-state index in [1.807, 2.05) is 0 Å². The summed E-state index contributed by atoms with van der Waals surface area (Å²) in [6.07, 6.45) is 0. The Kier molecular flexibility index (Phi) is 4.51. The van der Waals surface area contributed by atoms with Crippen molar-refractivity contribution in [2.75, 3.05) is 7.11 Å². The molecule has 0 aromatic heterocycles. The largest absolute Gasteiger partial charge is 0.496 e. The van der Waals surface area contributed by atoms with Gasteiger partial charge < -0.3 is 15.2 Å². The molecule has 1 rings (SSSR count). The fourth-order valence-electron chi connectivity index (χ4n) is 1.15. The van der Waals surface area contributed by atoms with Crippen LogP contribution in [0.4, 0.5) is 0 Å². The van der Waals surface area contributed by atoms with Crippen LogP contribution in [0.1, 0.15) is 17.3 Å². The highest BCUT2D eigenvalue weighted by Crippen LogP contribution is 2.25. The highest BCUT2D eigenvalue weighted by molar-refractivity contribution is 9.10. The van der Waals surface area contributed by atoms with Crippen molar-refractivity contribution in [2.24, 2.45) is 0 Å². The van der Waals surface area contributed by atoms with Gasteiger partial charge in [-0.2, -0.15) is 0 Å². The summed E-state index contributed by atoms with van der Waals surface area (Å²) >= 11 is 3.25. The molecular formula is C11H12BrNO4. The van der Waals surface area contributed by atoms with Crippen LogP contribution < -0.4 is 10.1 Å². The Hall–Kier alpha value is -1.56. The molecule has 92 valence electrons. The number of carbonyl (C=O) groups excluding carboxylic acids is 1. The highest BCUT2D eigenvalue weighted by Gasteiger charge is 2.15. The molecule has 0 bridgehead atoms. The summed E-state index contributed by atoms with van der Waals surface area (Å²) in [5.41, 5.74) is 0.366. The average Bonchev–Trinajstić information content (AvgIpc) is 2.28. The number of hydrogen-bond acceptors (Lipinski definition) is 3. The van der Waals surface area contributed by atoms with Crippen LogP contribution in [0, 0.1) is 0 Å². The number of rotatable bonds is 4. The number of aliphatic carboxylic acids is 1. The van der Waals surface area contributed by atoms with Crippen LogP contribution in [0.3, 0.4) is 0 Å². The number of ether oxygens (including phenoxy) is 1. The summed E-state index contributed by atoms with van der Waals surface area (Å²) in [4.78, 5) is 22.3. The Morgan fingerprint density at radius 2 is 2.12 bits per heavy atom. The number of hydrogen-bond donors (Lipinski definition) is 2. The fraction of sp³-hybridized carbons (Fsp3) is 0.273. The van der Waals surface area contributed by atoms with Crippen LogP contribution in [0.2, 0.25) is 0 Å². The summed E-state index contributed by atoms with van der Waals surface area (Å²) in [7, 11) is 1.52. The van der Waals surface area contributed by atoms with E-state index >= 15 is 0 Å². The van der Waals surface area contributed by atoms with Gasteiger partial charge in [0, 0.05) is 5.56 Å². The van der Waals surface area contributed by atoms with Crippen molar-refractivity contribution in [1.82, 2.24) is 5.32 Å². The van der Waals surface area contributed by atoms with Gasteiger partial charge in [0.15, 0.2) is 0 Å². The first-order valence-electron chi connectivity index (χ1n) is 4.83. The molecule has 1 atom stereocenters. The van der Waals surface area contributed by atoms with Gasteiger partial charge in [0.25, 0.3) is 5.91 Å². The number of carboxylic acid groups (broad SMARTS) is 1. The Morgan fingerprint density at radius 3 is 2.59 bits per heavy atom. The molecular weight excluding hydrogens is 290 g/mol. The lowest BCUT2D eigenvalue weighted by Gasteiger charge is -2.10. The number of methoxy groups -OCH3 is 1. The third kappa shape index (κ3) is 3.45. The molecule has 0 radical (unpaired) electrons. The maximum atomic E-state index is 11.7. The van der Waals surface area contributed by atoms with E-state index in [1.54, 1.807) is 18.2 Å². The molecule has 6 heteroatoms. The normalized spacial score (nSPS) is 11.7. The topological polar surface area (TPSA) is 75.6 Å². The first-order valence-corrected chi connectivity index (χ1v) is 5.62. The summed E-state index contributed by atoms with van der Waals surface area (Å²) in [6, 6.07) is 3.84. The maximum absolute atomic E-state index is 11.7. The van der Waals surface area contributed by atoms with E-state index in [1.165, 1.54) is 14.0 Å². The lowest BCUT2D eigenvalue weighted by molar-refractivity contribution is -0.138. The summed E-state index contributed by atoms with van der Waals surface area (Å²) in [5, 5.41) is 11.0. The number of amides is 1. The molecule has 0 unspecified atom stereocenters. The van der Waals surface area contributed by atoms with Gasteiger partial charge in [-0.3, -0.25) is 9.59 Å². The second-order valence-corrected chi connectivity index (χ2v) is 4.24. The molecule has 2 N–H and O–H groups in total. The van der Waals surface area contributed by atoms with Gasteiger partial charge >= 0.3 is 5.97 Å². The monoisotopic (exact) mass is 301 g/mol. The quantitative estimate of drug-likeness (QED) is 0.887. The Morgan fingerprint density at radius 1 is 1.47 bits per heavy atom. The second kappa shape index (κ2) is 5.67. The molecule has 0 aliphatic rings. The number of carboxylic acids is 1. The van der Waals surface area contributed by atoms with Gasteiger partial charge in [0.2, 0.25) is 0 Å². The molecule has 1 amide bonds. The maximum Gasteiger partial charge on any atom is 0.325 e. The molecule has 0 saturated heterocycles. The second-order valence-electron chi connectivity index (χ2n) is 3.38. The van der Waals surface area contributed by atoms with Gasteiger partial charge in [0.05, 0.1) is 11.6 Å². The lowest BCUT2D eigenvalue weighted by atomic mass is 10.2. The molecule has 5 nitrogen and oxygen atoms in total. The van der Waals surface area contributed by atoms with Crippen molar-refractivity contribution in [2.45, 2.75) is 13.0 Å². The van der Waals surface area contributed by atoms with Gasteiger partial charge in [-0.15, -0.1) is 0 Å². The third-order valence-electron chi connectivity index (χ3n) is 2.13. The summed E-state index contributed by atoms with van der Waals surface area (Å²) < 4.78 is 5.66. The average molecular weight is 302 g/mol. The van der Waals surface area contributed by atoms with Gasteiger partial charge in [-0.1, -0.05) is 0 Å². The van der Waals surface area contributed by atoms with Gasteiger partial charge in [-0.25, -0.2) is 0 Å². The minimum absolute atomic E-state index is 0.366. The molecule has 1 aromatic carbocycles. The molecule has 0 aliphatic carbocycles. The van der Waals surface area contributed by atoms with Crippen molar-refractivity contribution >= 4 is 27.8 Å². The number of benzene rings is 1. The van der Waals surface area contributed by atoms with Crippen LogP contribution in [0.25, 0.3) is 0 Å². The van der Waals surface area contributed by atoms with E-state index in [-0.39, 0.29) is 0 Å². The zero-order valence-electron chi connectivity index (χ0n) is 9.36. The summed E-state index contributed by atoms with van der Waals surface area (Å²) in [5.74, 6) is -0.915. The fourth-order valence-corrected chi connectivity index (χ4v) is 1.69. The van der Waals surface area contributed by atoms with E-state index in [0.717, 1.165) is 0 Å². The number of carbonyl (C=O) groups is 2. The molecule has 0 heterocycles. The van der Waals surface area contributed by atoms with Crippen molar-refractivity contribution in [1.29, 1.82) is 0 Å². The van der Waals surface area contributed by atoms with Crippen molar-refractivity contribution in [3.63, 3.8) is 0 Å². The molecule has 17 heavy (non-hydrogen) atoms. The zero-order valence-corrected chi connectivity index (χ0v) is 10.9. The standard InChI is InChI=1S/C11H12BrNO4/c1-6(11(15)16)13-10(14)7-3-4-9(17-2)8(12)5-7/h3-6H,1-2H3,(H,13,14)(H,15,16)/t6-/m1/s1. The molecule has 1 aromatic rings. The van der Waals surface area contributed by atoms with Crippen molar-refractivity contribution < 1.29 is 19.4 Å². The molecule has 0 aliphatic heterocycles. The van der Waals surface area contributed by atoms with Crippen LogP contribution in [0.15, 0.2) is 22.7 Å². The van der Waals surface area contributed by atoms with Crippen LogP contribution in [-0.2, 0) is 4.79 Å². The Balaban J connectivity index is 2.83. The van der Waals surface area contributed by atoms with Crippen LogP contribution in [0.5, 0.6) is 5.75 Å². The molecule has 0 spiro atoms. The molecule has 0 fully saturated rings. The SMILES string of the molecule is COc1ccc(C(=O)N[C@H](C)C(=O)O)cc1Br. The van der Waals surface area contributed by atoms with Crippen LogP contribution >= 0.6 is 15.9 Å². The van der Waals surface area contributed by atoms with E-state index in [2.05, 4.69) is 21.2 Å². The number of halogens is 1. The zero-order chi connectivity index (χ0) is 13.0. The first-order chi connectivity index (χ1) is 7.95. The van der Waals surface area contributed by atoms with E-state index < -0.39 is 17.9 Å². The Bertz CT molecular complexity index is 447. The Labute approximate surface area is 107 Å². The van der Waals surface area contributed by atoms with E-state index in [9.17, 15) is 9.59 Å². The third-order valence-corrected chi connectivity index (χ3v) is 2.75. The first kappa shape index (κ1) is 13.5. The van der Waals surface area contributed by atoms with E-state index in [0.29, 0.717) is 15.8 Å². The minimum Gasteiger partial charge on any atom is -0.496 e. The predicted molar refractivity (Wildman–Crippen MR) is 65.3 cm³/mol. The lowest BCUT2D eigenvalue weighted by Crippen LogP contribution is -2.38. The van der Waals surface area contributed by atoms with Crippen LogP contribution in [-0.4, -0.2) is 30.1 Å². The van der Waals surface area contributed by atoms with Crippen molar-refractivity contribution in [3.05, 3.63) is 28.2 Å². The molecule has 0 saturated carbocycles. The minimum atomic E-state index is -1.08. The highest BCUT2D eigenvalue weighted by atomic mass is 79.9. The van der Waals surface area contributed by atoms with Gasteiger partial charge in [-0.05, 0) is 41.1 Å². The predicted octanol–water partition coefficient (Wildman–Crippen LogP) is 1.66. The summed E-state index contributed by atoms with van der Waals surface area (Å²) in [6.45, 7) is 1.40. The smallest absolute Gasteiger partial charge is 0.325 e.